The van der Waals surface area contributed by atoms with Crippen LogP contribution in [0.3, 0.4) is 0 Å². The second-order valence-electron chi connectivity index (χ2n) is 9.28. The maximum Gasteiger partial charge on any atom is 0.256 e. The Morgan fingerprint density at radius 3 is 2.71 bits per heavy atom. The van der Waals surface area contributed by atoms with Crippen molar-refractivity contribution in [2.45, 2.75) is 46.1 Å². The second kappa shape index (κ2) is 9.95. The Balaban J connectivity index is 1.67. The Hall–Kier alpha value is -3.23. The third-order valence-corrected chi connectivity index (χ3v) is 5.90. The molecule has 0 spiro atoms. The van der Waals surface area contributed by atoms with Crippen LogP contribution in [0.4, 0.5) is 23.1 Å². The molecule has 0 unspecified atom stereocenters. The van der Waals surface area contributed by atoms with E-state index in [1.54, 1.807) is 6.20 Å². The molecule has 8 nitrogen and oxygen atoms in total. The average molecular weight is 480 g/mol. The Labute approximate surface area is 205 Å². The molecule has 1 aliphatic heterocycles. The van der Waals surface area contributed by atoms with Crippen molar-refractivity contribution >= 4 is 40.6 Å². The van der Waals surface area contributed by atoms with Crippen molar-refractivity contribution in [2.75, 3.05) is 23.7 Å². The average Bonchev–Trinajstić information content (AvgIpc) is 2.80. The van der Waals surface area contributed by atoms with Crippen molar-refractivity contribution in [1.29, 1.82) is 0 Å². The quantitative estimate of drug-likeness (QED) is 0.406. The van der Waals surface area contributed by atoms with Crippen molar-refractivity contribution in [3.8, 4) is 0 Å². The summed E-state index contributed by atoms with van der Waals surface area (Å²) in [5.74, 6) is 0.475. The summed E-state index contributed by atoms with van der Waals surface area (Å²) in [5.41, 5.74) is 5.16. The van der Waals surface area contributed by atoms with E-state index in [0.717, 1.165) is 30.9 Å². The number of halogens is 1. The molecule has 0 saturated heterocycles. The zero-order valence-corrected chi connectivity index (χ0v) is 20.7. The van der Waals surface area contributed by atoms with Gasteiger partial charge in [-0.1, -0.05) is 38.4 Å². The van der Waals surface area contributed by atoms with Gasteiger partial charge in [-0.2, -0.15) is 4.98 Å². The van der Waals surface area contributed by atoms with Crippen LogP contribution in [-0.4, -0.2) is 33.9 Å². The molecule has 1 aromatic carbocycles. The van der Waals surface area contributed by atoms with E-state index in [4.69, 9.17) is 11.6 Å². The van der Waals surface area contributed by atoms with E-state index in [1.165, 1.54) is 17.3 Å². The number of fused-ring (bicyclic) bond motifs is 1. The van der Waals surface area contributed by atoms with Crippen LogP contribution < -0.4 is 21.3 Å². The fraction of sp³-hybridized carbons (Fsp3) is 0.360. The van der Waals surface area contributed by atoms with Gasteiger partial charge >= 0.3 is 0 Å². The van der Waals surface area contributed by atoms with Gasteiger partial charge in [-0.25, -0.2) is 4.98 Å². The van der Waals surface area contributed by atoms with Crippen molar-refractivity contribution in [3.05, 3.63) is 64.1 Å². The molecule has 0 saturated carbocycles. The van der Waals surface area contributed by atoms with Gasteiger partial charge in [0.1, 0.15) is 11.4 Å². The molecule has 3 heterocycles. The highest BCUT2D eigenvalue weighted by atomic mass is 35.5. The lowest BCUT2D eigenvalue weighted by Gasteiger charge is -2.20. The summed E-state index contributed by atoms with van der Waals surface area (Å²) in [6.07, 6.45) is 4.11. The van der Waals surface area contributed by atoms with E-state index >= 15 is 0 Å². The van der Waals surface area contributed by atoms with Crippen LogP contribution in [0.1, 0.15) is 54.9 Å². The van der Waals surface area contributed by atoms with Gasteiger partial charge < -0.3 is 21.3 Å². The van der Waals surface area contributed by atoms with Crippen LogP contribution in [0, 0.1) is 0 Å². The number of carbonyl (C=O) groups excluding carboxylic acids is 1. The summed E-state index contributed by atoms with van der Waals surface area (Å²) in [6.45, 7) is 10.4. The van der Waals surface area contributed by atoms with E-state index < -0.39 is 0 Å². The summed E-state index contributed by atoms with van der Waals surface area (Å²) in [4.78, 5) is 26.2. The first-order chi connectivity index (χ1) is 16.2. The maximum atomic E-state index is 12.7. The number of amides is 1. The Morgan fingerprint density at radius 1 is 1.12 bits per heavy atom. The standard InChI is InChI=1S/C25H30ClN7O/c1-5-28-23(34)18-13-30-24(31-17-7-6-16-12-27-9-8-15(16)10-17)33-22(18)32-20-11-21(25(2,3)4)29-14-19(20)26/h6-7,10-11,13-14,27H,5,8-9,12H2,1-4H3,(H,28,34)(H2,29,30,31,32,33). The molecule has 2 aromatic heterocycles. The first kappa shape index (κ1) is 23.9. The largest absolute Gasteiger partial charge is 0.352 e. The van der Waals surface area contributed by atoms with Crippen LogP contribution in [0.2, 0.25) is 5.02 Å². The first-order valence-electron chi connectivity index (χ1n) is 11.4. The number of aromatic nitrogens is 3. The number of carbonyl (C=O) groups is 1. The lowest BCUT2D eigenvalue weighted by molar-refractivity contribution is 0.0956. The second-order valence-corrected chi connectivity index (χ2v) is 9.68. The Bertz CT molecular complexity index is 1210. The van der Waals surface area contributed by atoms with Gasteiger partial charge in [-0.05, 0) is 49.2 Å². The predicted molar refractivity (Wildman–Crippen MR) is 136 cm³/mol. The van der Waals surface area contributed by atoms with Crippen LogP contribution in [0.5, 0.6) is 0 Å². The van der Waals surface area contributed by atoms with Crippen LogP contribution in [0.25, 0.3) is 0 Å². The topological polar surface area (TPSA) is 104 Å². The van der Waals surface area contributed by atoms with Gasteiger partial charge in [0.05, 0.1) is 10.7 Å². The summed E-state index contributed by atoms with van der Waals surface area (Å²) in [7, 11) is 0. The number of anilines is 4. The van der Waals surface area contributed by atoms with Gasteiger partial charge in [0.15, 0.2) is 0 Å². The summed E-state index contributed by atoms with van der Waals surface area (Å²) < 4.78 is 0. The molecule has 34 heavy (non-hydrogen) atoms. The maximum absolute atomic E-state index is 12.7. The minimum Gasteiger partial charge on any atom is -0.352 e. The van der Waals surface area contributed by atoms with E-state index in [0.29, 0.717) is 34.6 Å². The molecule has 0 aliphatic carbocycles. The van der Waals surface area contributed by atoms with Crippen LogP contribution in [-0.2, 0) is 18.4 Å². The molecule has 3 aromatic rings. The Morgan fingerprint density at radius 2 is 1.94 bits per heavy atom. The monoisotopic (exact) mass is 479 g/mol. The minimum atomic E-state index is -0.265. The molecule has 0 bridgehead atoms. The van der Waals surface area contributed by atoms with E-state index in [-0.39, 0.29) is 11.3 Å². The fourth-order valence-electron chi connectivity index (χ4n) is 3.72. The van der Waals surface area contributed by atoms with Crippen molar-refractivity contribution in [1.82, 2.24) is 25.6 Å². The summed E-state index contributed by atoms with van der Waals surface area (Å²) in [6, 6.07) is 8.13. The smallest absolute Gasteiger partial charge is 0.256 e. The number of nitrogens with one attached hydrogen (secondary N) is 4. The minimum absolute atomic E-state index is 0.163. The number of hydrogen-bond acceptors (Lipinski definition) is 7. The molecule has 1 amide bonds. The van der Waals surface area contributed by atoms with Crippen LogP contribution in [0.15, 0.2) is 36.7 Å². The van der Waals surface area contributed by atoms with Crippen molar-refractivity contribution in [2.24, 2.45) is 0 Å². The van der Waals surface area contributed by atoms with Crippen LogP contribution >= 0.6 is 11.6 Å². The molecular formula is C25H30ClN7O. The molecule has 0 fully saturated rings. The van der Waals surface area contributed by atoms with Gasteiger partial charge in [-0.15, -0.1) is 0 Å². The van der Waals surface area contributed by atoms with Gasteiger partial charge in [0.25, 0.3) is 5.91 Å². The van der Waals surface area contributed by atoms with E-state index in [2.05, 4.69) is 69.1 Å². The fourth-order valence-corrected chi connectivity index (χ4v) is 3.87. The SMILES string of the molecule is CCNC(=O)c1cnc(Nc2ccc3c(c2)CCNC3)nc1Nc1cc(C(C)(C)C)ncc1Cl. The highest BCUT2D eigenvalue weighted by Gasteiger charge is 2.20. The number of pyridine rings is 1. The zero-order chi connectivity index (χ0) is 24.3. The lowest BCUT2D eigenvalue weighted by Crippen LogP contribution is -2.24. The highest BCUT2D eigenvalue weighted by Crippen LogP contribution is 2.31. The third kappa shape index (κ3) is 5.46. The molecule has 0 radical (unpaired) electrons. The third-order valence-electron chi connectivity index (χ3n) is 5.60. The molecular weight excluding hydrogens is 450 g/mol. The summed E-state index contributed by atoms with van der Waals surface area (Å²) in [5, 5.41) is 13.1. The van der Waals surface area contributed by atoms with E-state index in [1.807, 2.05) is 19.1 Å². The van der Waals surface area contributed by atoms with Gasteiger partial charge in [0.2, 0.25) is 5.95 Å². The number of hydrogen-bond donors (Lipinski definition) is 4. The van der Waals surface area contributed by atoms with Gasteiger partial charge in [0, 0.05) is 42.3 Å². The first-order valence-corrected chi connectivity index (χ1v) is 11.8. The summed E-state index contributed by atoms with van der Waals surface area (Å²) >= 11 is 6.44. The zero-order valence-electron chi connectivity index (χ0n) is 19.9. The van der Waals surface area contributed by atoms with E-state index in [9.17, 15) is 4.79 Å². The molecule has 1 aliphatic rings. The molecule has 0 atom stereocenters. The molecule has 4 N–H and O–H groups in total. The molecule has 4 rings (SSSR count). The number of rotatable bonds is 6. The normalized spacial score (nSPS) is 13.2. The van der Waals surface area contributed by atoms with Gasteiger partial charge in [-0.3, -0.25) is 9.78 Å². The molecule has 178 valence electrons. The number of nitrogens with zero attached hydrogens (tertiary/aromatic N) is 3. The Kier molecular flexibility index (Phi) is 7.00. The molecule has 9 heteroatoms. The van der Waals surface area contributed by atoms with Crippen molar-refractivity contribution in [3.63, 3.8) is 0 Å². The number of benzene rings is 1. The lowest BCUT2D eigenvalue weighted by atomic mass is 9.91. The van der Waals surface area contributed by atoms with Crippen molar-refractivity contribution < 1.29 is 4.79 Å². The predicted octanol–water partition coefficient (Wildman–Crippen LogP) is 4.71. The highest BCUT2D eigenvalue weighted by molar-refractivity contribution is 6.33.